The Balaban J connectivity index is 0.00000180. The monoisotopic (exact) mass is 300 g/mol. The van der Waals surface area contributed by atoms with Gasteiger partial charge in [-0.15, -0.1) is 5.46 Å². The molecule has 1 nitrogen and oxygen atoms in total. The molecular weight excluding hydrogens is 286 g/mol. The third-order valence-electron chi connectivity index (χ3n) is 3.18. The molecule has 1 aromatic rings. The van der Waals surface area contributed by atoms with Gasteiger partial charge in [0.1, 0.15) is 0 Å². The third-order valence-corrected chi connectivity index (χ3v) is 3.18. The van der Waals surface area contributed by atoms with E-state index in [4.69, 9.17) is 4.74 Å². The molecular formula is C12H14BF4KO. The van der Waals surface area contributed by atoms with Crippen LogP contribution in [0, 0.1) is 5.82 Å². The van der Waals surface area contributed by atoms with Crippen molar-refractivity contribution in [3.05, 3.63) is 24.0 Å². The zero-order valence-electron chi connectivity index (χ0n) is 10.8. The summed E-state index contributed by atoms with van der Waals surface area (Å²) in [6, 6.07) is 2.34. The number of halogens is 4. The van der Waals surface area contributed by atoms with E-state index < -0.39 is 18.3 Å². The van der Waals surface area contributed by atoms with Crippen molar-refractivity contribution in [1.82, 2.24) is 0 Å². The van der Waals surface area contributed by atoms with Gasteiger partial charge >= 0.3 is 58.4 Å². The van der Waals surface area contributed by atoms with Crippen molar-refractivity contribution in [3.8, 4) is 5.75 Å². The molecule has 19 heavy (non-hydrogen) atoms. The summed E-state index contributed by atoms with van der Waals surface area (Å²) in [5, 5.41) is 0. The molecule has 1 aromatic carbocycles. The fraction of sp³-hybridized carbons (Fsp3) is 0.500. The molecule has 1 aliphatic rings. The molecule has 0 N–H and O–H groups in total. The normalized spacial score (nSPS) is 16.8. The maximum absolute atomic E-state index is 13.4. The number of benzene rings is 1. The van der Waals surface area contributed by atoms with Crippen LogP contribution in [0.5, 0.6) is 5.75 Å². The number of rotatable bonds is 3. The fourth-order valence-electron chi connectivity index (χ4n) is 2.18. The first-order valence-corrected chi connectivity index (χ1v) is 6.13. The van der Waals surface area contributed by atoms with Crippen molar-refractivity contribution in [2.45, 2.75) is 38.2 Å². The molecule has 0 saturated heterocycles. The van der Waals surface area contributed by atoms with Crippen molar-refractivity contribution in [2.24, 2.45) is 0 Å². The van der Waals surface area contributed by atoms with E-state index >= 15 is 0 Å². The average Bonchev–Trinajstić information content (AvgIpc) is 2.32. The van der Waals surface area contributed by atoms with Crippen LogP contribution in [0.3, 0.4) is 0 Å². The summed E-state index contributed by atoms with van der Waals surface area (Å²) in [4.78, 5) is 0. The molecule has 0 bridgehead atoms. The largest absolute Gasteiger partial charge is 1.00 e. The second-order valence-electron chi connectivity index (χ2n) is 4.64. The molecule has 0 heterocycles. The van der Waals surface area contributed by atoms with E-state index in [1.807, 2.05) is 0 Å². The van der Waals surface area contributed by atoms with E-state index in [9.17, 15) is 17.3 Å². The fourth-order valence-corrected chi connectivity index (χ4v) is 2.18. The topological polar surface area (TPSA) is 9.23 Å². The Kier molecular flexibility index (Phi) is 6.86. The second-order valence-corrected chi connectivity index (χ2v) is 4.64. The summed E-state index contributed by atoms with van der Waals surface area (Å²) in [5.74, 6) is -1.01. The first kappa shape index (κ1) is 17.5. The van der Waals surface area contributed by atoms with Gasteiger partial charge in [0.25, 0.3) is 0 Å². The van der Waals surface area contributed by atoms with Crippen LogP contribution in [0.15, 0.2) is 18.2 Å². The smallest absolute Gasteiger partial charge is 0.487 e. The van der Waals surface area contributed by atoms with Gasteiger partial charge in [0.15, 0.2) is 11.6 Å². The van der Waals surface area contributed by atoms with Crippen molar-refractivity contribution < 1.29 is 73.5 Å². The Morgan fingerprint density at radius 1 is 1.05 bits per heavy atom. The first-order chi connectivity index (χ1) is 8.47. The maximum atomic E-state index is 13.4. The molecule has 7 heteroatoms. The van der Waals surface area contributed by atoms with Crippen LogP contribution < -0.4 is 61.6 Å². The van der Waals surface area contributed by atoms with Gasteiger partial charge in [-0.3, -0.25) is 0 Å². The van der Waals surface area contributed by atoms with Crippen LogP contribution in [0.1, 0.15) is 32.1 Å². The SMILES string of the molecule is Fc1ccc([B-](F)(F)F)cc1OC1CCCCC1.[K+]. The van der Waals surface area contributed by atoms with Gasteiger partial charge in [-0.1, -0.05) is 12.5 Å². The van der Waals surface area contributed by atoms with E-state index in [1.54, 1.807) is 0 Å². The molecule has 0 aliphatic heterocycles. The summed E-state index contributed by atoms with van der Waals surface area (Å²) >= 11 is 0. The molecule has 0 unspecified atom stereocenters. The Labute approximate surface area is 152 Å². The van der Waals surface area contributed by atoms with Crippen LogP contribution in [0.2, 0.25) is 0 Å². The van der Waals surface area contributed by atoms with E-state index in [1.165, 1.54) is 0 Å². The van der Waals surface area contributed by atoms with Crippen molar-refractivity contribution >= 4 is 12.4 Å². The standard InChI is InChI=1S/C12H14BF4O.K/c14-11-7-6-9(13(15,16)17)8-12(11)18-10-4-2-1-3-5-10;/h6-8,10H,1-5H2;/q-1;+1. The number of hydrogen-bond acceptors (Lipinski definition) is 1. The Bertz CT molecular complexity index is 419. The average molecular weight is 300 g/mol. The van der Waals surface area contributed by atoms with Crippen molar-refractivity contribution in [3.63, 3.8) is 0 Å². The second kappa shape index (κ2) is 7.45. The summed E-state index contributed by atoms with van der Waals surface area (Å²) < 4.78 is 56.5. The van der Waals surface area contributed by atoms with E-state index in [-0.39, 0.29) is 63.2 Å². The minimum absolute atomic E-state index is 0. The van der Waals surface area contributed by atoms with Gasteiger partial charge < -0.3 is 17.7 Å². The summed E-state index contributed by atoms with van der Waals surface area (Å²) in [6.45, 7) is -5.12. The third kappa shape index (κ3) is 5.04. The first-order valence-electron chi connectivity index (χ1n) is 6.13. The molecule has 0 atom stereocenters. The van der Waals surface area contributed by atoms with E-state index in [2.05, 4.69) is 0 Å². The van der Waals surface area contributed by atoms with Crippen molar-refractivity contribution in [1.29, 1.82) is 0 Å². The minimum atomic E-state index is -5.12. The van der Waals surface area contributed by atoms with Gasteiger partial charge in [-0.25, -0.2) is 4.39 Å². The quantitative estimate of drug-likeness (QED) is 0.587. The van der Waals surface area contributed by atoms with Gasteiger partial charge in [0.05, 0.1) is 6.10 Å². The van der Waals surface area contributed by atoms with E-state index in [0.29, 0.717) is 0 Å². The van der Waals surface area contributed by atoms with Gasteiger partial charge in [-0.05, 0) is 37.8 Å². The molecule has 100 valence electrons. The molecule has 0 aromatic heterocycles. The predicted octanol–water partition coefficient (Wildman–Crippen LogP) is 0.596. The van der Waals surface area contributed by atoms with Gasteiger partial charge in [-0.2, -0.15) is 0 Å². The Morgan fingerprint density at radius 2 is 1.68 bits per heavy atom. The molecule has 2 rings (SSSR count). The predicted molar refractivity (Wildman–Crippen MR) is 62.6 cm³/mol. The number of ether oxygens (including phenoxy) is 1. The Hall–Kier alpha value is 0.441. The van der Waals surface area contributed by atoms with Gasteiger partial charge in [0, 0.05) is 0 Å². The van der Waals surface area contributed by atoms with Crippen LogP contribution in [-0.2, 0) is 0 Å². The number of hydrogen-bond donors (Lipinski definition) is 0. The van der Waals surface area contributed by atoms with Crippen LogP contribution in [0.25, 0.3) is 0 Å². The molecule has 0 spiro atoms. The maximum Gasteiger partial charge on any atom is 1.00 e. The summed E-state index contributed by atoms with van der Waals surface area (Å²) in [7, 11) is 0. The molecule has 1 fully saturated rings. The van der Waals surface area contributed by atoms with Crippen LogP contribution in [0.4, 0.5) is 17.3 Å². The van der Waals surface area contributed by atoms with Gasteiger partial charge in [0.2, 0.25) is 0 Å². The Morgan fingerprint density at radius 3 is 2.26 bits per heavy atom. The van der Waals surface area contributed by atoms with Crippen molar-refractivity contribution in [2.75, 3.05) is 0 Å². The summed E-state index contributed by atoms with van der Waals surface area (Å²) in [5.41, 5.74) is -0.817. The molecule has 1 aliphatic carbocycles. The summed E-state index contributed by atoms with van der Waals surface area (Å²) in [6.07, 6.45) is 4.46. The molecule has 1 saturated carbocycles. The minimum Gasteiger partial charge on any atom is -0.487 e. The van der Waals surface area contributed by atoms with E-state index in [0.717, 1.165) is 50.3 Å². The van der Waals surface area contributed by atoms with Crippen LogP contribution >= 0.6 is 0 Å². The zero-order valence-corrected chi connectivity index (χ0v) is 14.0. The molecule has 0 amide bonds. The zero-order chi connectivity index (χ0) is 13.2. The molecule has 0 radical (unpaired) electrons. The van der Waals surface area contributed by atoms with Crippen LogP contribution in [-0.4, -0.2) is 13.1 Å².